The lowest BCUT2D eigenvalue weighted by Gasteiger charge is -2.25. The average molecular weight is 358 g/mol. The number of carbonyl (C=O) groups is 1. The Kier molecular flexibility index (Phi) is 5.88. The van der Waals surface area contributed by atoms with Crippen molar-refractivity contribution < 1.29 is 14.1 Å². The van der Waals surface area contributed by atoms with Crippen LogP contribution in [0, 0.1) is 6.92 Å². The number of rotatable bonds is 7. The molecule has 1 aliphatic heterocycles. The van der Waals surface area contributed by atoms with Crippen LogP contribution in [0.1, 0.15) is 42.2 Å². The van der Waals surface area contributed by atoms with Gasteiger partial charge in [-0.15, -0.1) is 0 Å². The molecule has 3 rings (SSSR count). The maximum atomic E-state index is 12.7. The van der Waals surface area contributed by atoms with Crippen LogP contribution in [0.2, 0.25) is 0 Å². The van der Waals surface area contributed by atoms with Gasteiger partial charge in [-0.25, -0.2) is 0 Å². The number of aromatic nitrogens is 2. The highest BCUT2D eigenvalue weighted by molar-refractivity contribution is 5.92. The summed E-state index contributed by atoms with van der Waals surface area (Å²) >= 11 is 0. The van der Waals surface area contributed by atoms with Gasteiger partial charge in [-0.1, -0.05) is 19.0 Å². The molecule has 7 heteroatoms. The monoisotopic (exact) mass is 358 g/mol. The number of aryl methyl sites for hydroxylation is 1. The summed E-state index contributed by atoms with van der Waals surface area (Å²) in [6, 6.07) is 5.82. The van der Waals surface area contributed by atoms with E-state index in [0.717, 1.165) is 38.3 Å². The highest BCUT2D eigenvalue weighted by Crippen LogP contribution is 2.19. The minimum atomic E-state index is -0.0772. The molecule has 1 aliphatic rings. The predicted octanol–water partition coefficient (Wildman–Crippen LogP) is 2.51. The number of hydrogen-bond donors (Lipinski definition) is 0. The van der Waals surface area contributed by atoms with E-state index in [1.54, 1.807) is 12.3 Å². The van der Waals surface area contributed by atoms with Crippen LogP contribution in [-0.2, 0) is 6.61 Å². The van der Waals surface area contributed by atoms with Crippen molar-refractivity contribution in [3.63, 3.8) is 0 Å². The fourth-order valence-electron chi connectivity index (χ4n) is 3.30. The fraction of sp³-hybridized carbons (Fsp3) is 0.526. The number of pyridine rings is 1. The number of nitrogens with zero attached hydrogens (tertiary/aromatic N) is 4. The van der Waals surface area contributed by atoms with E-state index >= 15 is 0 Å². The minimum absolute atomic E-state index is 0.0772. The van der Waals surface area contributed by atoms with E-state index in [9.17, 15) is 4.79 Å². The number of likely N-dealkylation sites (tertiary alicyclic amines) is 1. The van der Waals surface area contributed by atoms with Crippen molar-refractivity contribution in [2.45, 2.75) is 39.8 Å². The van der Waals surface area contributed by atoms with Crippen molar-refractivity contribution in [3.8, 4) is 5.75 Å². The number of amides is 1. The Morgan fingerprint density at radius 2 is 2.19 bits per heavy atom. The Morgan fingerprint density at radius 3 is 2.88 bits per heavy atom. The third-order valence-corrected chi connectivity index (χ3v) is 4.82. The van der Waals surface area contributed by atoms with Gasteiger partial charge in [0.2, 0.25) is 0 Å². The van der Waals surface area contributed by atoms with Crippen LogP contribution in [0.25, 0.3) is 0 Å². The van der Waals surface area contributed by atoms with Crippen LogP contribution in [0.15, 0.2) is 28.9 Å². The van der Waals surface area contributed by atoms with Gasteiger partial charge in [-0.2, -0.15) is 0 Å². The standard InChI is InChI=1S/C19H26N4O3/c1-4-22(5-2)15-8-9-23(12-15)19(24)18-10-17(26-21-18)13-25-16-7-6-14(3)20-11-16/h6-7,10-11,15H,4-5,8-9,12-13H2,1-3H3. The van der Waals surface area contributed by atoms with Gasteiger partial charge in [0.05, 0.1) is 6.20 Å². The first-order valence-electron chi connectivity index (χ1n) is 9.15. The lowest BCUT2D eigenvalue weighted by Crippen LogP contribution is -2.38. The molecule has 0 radical (unpaired) electrons. The third kappa shape index (κ3) is 4.22. The van der Waals surface area contributed by atoms with E-state index in [0.29, 0.717) is 23.2 Å². The van der Waals surface area contributed by atoms with E-state index in [2.05, 4.69) is 28.9 Å². The number of hydrogen-bond acceptors (Lipinski definition) is 6. The average Bonchev–Trinajstić information content (AvgIpc) is 3.32. The molecule has 26 heavy (non-hydrogen) atoms. The van der Waals surface area contributed by atoms with E-state index in [4.69, 9.17) is 9.26 Å². The van der Waals surface area contributed by atoms with E-state index in [1.165, 1.54) is 0 Å². The number of likely N-dealkylation sites (N-methyl/N-ethyl adjacent to an activating group) is 1. The molecule has 1 fully saturated rings. The summed E-state index contributed by atoms with van der Waals surface area (Å²) in [5.41, 5.74) is 1.27. The zero-order valence-corrected chi connectivity index (χ0v) is 15.6. The second kappa shape index (κ2) is 8.31. The zero-order valence-electron chi connectivity index (χ0n) is 15.6. The normalized spacial score (nSPS) is 17.1. The lowest BCUT2D eigenvalue weighted by molar-refractivity contribution is 0.0767. The zero-order chi connectivity index (χ0) is 18.5. The molecule has 1 amide bonds. The summed E-state index contributed by atoms with van der Waals surface area (Å²) in [6.45, 7) is 9.95. The molecule has 1 unspecified atom stereocenters. The van der Waals surface area contributed by atoms with Gasteiger partial charge in [-0.3, -0.25) is 14.7 Å². The summed E-state index contributed by atoms with van der Waals surface area (Å²) in [7, 11) is 0. The molecule has 1 atom stereocenters. The summed E-state index contributed by atoms with van der Waals surface area (Å²) in [4.78, 5) is 21.1. The molecule has 0 aromatic carbocycles. The summed E-state index contributed by atoms with van der Waals surface area (Å²) in [5, 5.41) is 3.92. The van der Waals surface area contributed by atoms with Crippen molar-refractivity contribution >= 4 is 5.91 Å². The van der Waals surface area contributed by atoms with Crippen molar-refractivity contribution in [1.82, 2.24) is 19.9 Å². The highest BCUT2D eigenvalue weighted by atomic mass is 16.5. The Bertz CT molecular complexity index is 725. The molecule has 2 aromatic heterocycles. The smallest absolute Gasteiger partial charge is 0.276 e. The molecule has 7 nitrogen and oxygen atoms in total. The van der Waals surface area contributed by atoms with Crippen LogP contribution < -0.4 is 4.74 Å². The molecular weight excluding hydrogens is 332 g/mol. The number of ether oxygens (including phenoxy) is 1. The summed E-state index contributed by atoms with van der Waals surface area (Å²) in [6.07, 6.45) is 2.66. The van der Waals surface area contributed by atoms with Crippen LogP contribution in [-0.4, -0.2) is 58.1 Å². The Labute approximate surface area is 153 Å². The van der Waals surface area contributed by atoms with Gasteiger partial charge in [0.1, 0.15) is 12.4 Å². The maximum absolute atomic E-state index is 12.7. The van der Waals surface area contributed by atoms with Gasteiger partial charge >= 0.3 is 0 Å². The van der Waals surface area contributed by atoms with Gasteiger partial charge in [0.15, 0.2) is 11.5 Å². The SMILES string of the molecule is CCN(CC)C1CCN(C(=O)c2cc(COc3ccc(C)nc3)on2)C1. The molecule has 3 heterocycles. The van der Waals surface area contributed by atoms with Crippen LogP contribution >= 0.6 is 0 Å². The van der Waals surface area contributed by atoms with E-state index < -0.39 is 0 Å². The van der Waals surface area contributed by atoms with Gasteiger partial charge in [0.25, 0.3) is 5.91 Å². The van der Waals surface area contributed by atoms with Crippen LogP contribution in [0.3, 0.4) is 0 Å². The van der Waals surface area contributed by atoms with E-state index in [-0.39, 0.29) is 12.5 Å². The quantitative estimate of drug-likeness (QED) is 0.757. The largest absolute Gasteiger partial charge is 0.484 e. The first-order valence-corrected chi connectivity index (χ1v) is 9.15. The van der Waals surface area contributed by atoms with Crippen LogP contribution in [0.5, 0.6) is 5.75 Å². The second-order valence-corrected chi connectivity index (χ2v) is 6.52. The predicted molar refractivity (Wildman–Crippen MR) is 97.0 cm³/mol. The minimum Gasteiger partial charge on any atom is -0.484 e. The highest BCUT2D eigenvalue weighted by Gasteiger charge is 2.31. The molecule has 2 aromatic rings. The van der Waals surface area contributed by atoms with E-state index in [1.807, 2.05) is 24.0 Å². The molecule has 0 saturated carbocycles. The first-order chi connectivity index (χ1) is 12.6. The lowest BCUT2D eigenvalue weighted by atomic mass is 10.2. The molecule has 0 bridgehead atoms. The van der Waals surface area contributed by atoms with Gasteiger partial charge < -0.3 is 14.2 Å². The third-order valence-electron chi connectivity index (χ3n) is 4.82. The van der Waals surface area contributed by atoms with Gasteiger partial charge in [-0.05, 0) is 38.6 Å². The second-order valence-electron chi connectivity index (χ2n) is 6.52. The fourth-order valence-corrected chi connectivity index (χ4v) is 3.30. The molecule has 1 saturated heterocycles. The topological polar surface area (TPSA) is 71.7 Å². The van der Waals surface area contributed by atoms with Crippen molar-refractivity contribution in [1.29, 1.82) is 0 Å². The van der Waals surface area contributed by atoms with Gasteiger partial charge in [0, 0.05) is 30.9 Å². The van der Waals surface area contributed by atoms with Crippen molar-refractivity contribution in [3.05, 3.63) is 41.5 Å². The molecule has 0 spiro atoms. The van der Waals surface area contributed by atoms with Crippen molar-refractivity contribution in [2.75, 3.05) is 26.2 Å². The summed E-state index contributed by atoms with van der Waals surface area (Å²) < 4.78 is 10.9. The molecular formula is C19H26N4O3. The molecule has 0 N–H and O–H groups in total. The first kappa shape index (κ1) is 18.4. The van der Waals surface area contributed by atoms with Crippen LogP contribution in [0.4, 0.5) is 0 Å². The Hall–Kier alpha value is -2.41. The maximum Gasteiger partial charge on any atom is 0.276 e. The Balaban J connectivity index is 1.55. The molecule has 140 valence electrons. The Morgan fingerprint density at radius 1 is 1.38 bits per heavy atom. The number of carbonyl (C=O) groups excluding carboxylic acids is 1. The molecule has 0 aliphatic carbocycles. The summed E-state index contributed by atoms with van der Waals surface area (Å²) in [5.74, 6) is 1.10. The van der Waals surface area contributed by atoms with Crippen molar-refractivity contribution in [2.24, 2.45) is 0 Å².